The van der Waals surface area contributed by atoms with E-state index in [0.717, 1.165) is 42.6 Å². The summed E-state index contributed by atoms with van der Waals surface area (Å²) in [6.07, 6.45) is 2.82. The minimum Gasteiger partial charge on any atom is -0.488 e. The average Bonchev–Trinajstić information content (AvgIpc) is 3.16. The van der Waals surface area contributed by atoms with Gasteiger partial charge in [0.2, 0.25) is 0 Å². The first-order chi connectivity index (χ1) is 13.0. The van der Waals surface area contributed by atoms with E-state index >= 15 is 0 Å². The molecule has 144 valence electrons. The molecule has 27 heavy (non-hydrogen) atoms. The van der Waals surface area contributed by atoms with E-state index in [-0.39, 0.29) is 23.8 Å². The summed E-state index contributed by atoms with van der Waals surface area (Å²) < 4.78 is 5.94. The van der Waals surface area contributed by atoms with Gasteiger partial charge in [-0.05, 0) is 57.2 Å². The third-order valence-corrected chi connectivity index (χ3v) is 7.27. The van der Waals surface area contributed by atoms with E-state index in [4.69, 9.17) is 4.74 Å². The highest BCUT2D eigenvalue weighted by Crippen LogP contribution is 2.35. The van der Waals surface area contributed by atoms with Crippen molar-refractivity contribution in [2.45, 2.75) is 57.8 Å². The molecule has 0 spiro atoms. The molecule has 1 heterocycles. The Kier molecular flexibility index (Phi) is 5.35. The molecule has 4 nitrogen and oxygen atoms in total. The van der Waals surface area contributed by atoms with Crippen molar-refractivity contribution in [1.82, 2.24) is 5.32 Å². The predicted octanol–water partition coefficient (Wildman–Crippen LogP) is 3.67. The number of fused-ring (bicyclic) bond motifs is 1. The third-order valence-electron chi connectivity index (χ3n) is 6.01. The molecule has 1 aromatic carbocycles. The van der Waals surface area contributed by atoms with Crippen molar-refractivity contribution >= 4 is 17.1 Å². The number of ketones is 1. The van der Waals surface area contributed by atoms with Gasteiger partial charge in [-0.1, -0.05) is 18.2 Å². The first-order valence-corrected chi connectivity index (χ1v) is 10.6. The van der Waals surface area contributed by atoms with Gasteiger partial charge in [-0.25, -0.2) is 0 Å². The first-order valence-electron chi connectivity index (χ1n) is 9.81. The van der Waals surface area contributed by atoms with Gasteiger partial charge in [-0.3, -0.25) is 4.79 Å². The van der Waals surface area contributed by atoms with Crippen LogP contribution in [0.15, 0.2) is 30.3 Å². The van der Waals surface area contributed by atoms with Crippen LogP contribution in [-0.4, -0.2) is 35.7 Å². The van der Waals surface area contributed by atoms with Crippen LogP contribution in [-0.2, 0) is 6.42 Å². The highest BCUT2D eigenvalue weighted by atomic mass is 32.1. The lowest BCUT2D eigenvalue weighted by Crippen LogP contribution is -2.44. The number of rotatable bonds is 5. The van der Waals surface area contributed by atoms with E-state index in [1.165, 1.54) is 9.75 Å². The van der Waals surface area contributed by atoms with Crippen LogP contribution in [0.1, 0.15) is 44.9 Å². The van der Waals surface area contributed by atoms with E-state index in [0.29, 0.717) is 6.54 Å². The predicted molar refractivity (Wildman–Crippen MR) is 108 cm³/mol. The highest BCUT2D eigenvalue weighted by Gasteiger charge is 2.37. The quantitative estimate of drug-likeness (QED) is 0.824. The smallest absolute Gasteiger partial charge is 0.168 e. The van der Waals surface area contributed by atoms with Gasteiger partial charge in [-0.2, -0.15) is 0 Å². The summed E-state index contributed by atoms with van der Waals surface area (Å²) in [6, 6.07) is 9.63. The maximum Gasteiger partial charge on any atom is 0.168 e. The molecule has 1 fully saturated rings. The van der Waals surface area contributed by atoms with Crippen molar-refractivity contribution in [1.29, 1.82) is 0 Å². The SMILES string of the molecule is Cc1sc2c(c1C)C(=O)C(CN[C@@H]1CC[C@@H](Oc3ccccc3)[C@@H]1O)CC2. The lowest BCUT2D eigenvalue weighted by Gasteiger charge is -2.26. The van der Waals surface area contributed by atoms with E-state index in [2.05, 4.69) is 19.2 Å². The molecule has 2 aromatic rings. The number of thiophene rings is 1. The molecule has 4 atom stereocenters. The van der Waals surface area contributed by atoms with E-state index < -0.39 is 6.10 Å². The normalized spacial score (nSPS) is 27.6. The highest BCUT2D eigenvalue weighted by molar-refractivity contribution is 7.12. The van der Waals surface area contributed by atoms with Gasteiger partial charge in [0.25, 0.3) is 0 Å². The molecule has 0 saturated heterocycles. The van der Waals surface area contributed by atoms with Crippen LogP contribution >= 0.6 is 11.3 Å². The van der Waals surface area contributed by atoms with Gasteiger partial charge in [0.15, 0.2) is 5.78 Å². The van der Waals surface area contributed by atoms with Crippen LogP contribution in [0.2, 0.25) is 0 Å². The van der Waals surface area contributed by atoms with Crippen molar-refractivity contribution in [2.75, 3.05) is 6.54 Å². The Balaban J connectivity index is 1.34. The summed E-state index contributed by atoms with van der Waals surface area (Å²) >= 11 is 1.77. The fourth-order valence-corrected chi connectivity index (χ4v) is 5.49. The fraction of sp³-hybridized carbons (Fsp3) is 0.500. The maximum absolute atomic E-state index is 12.9. The second-order valence-corrected chi connectivity index (χ2v) is 9.04. The zero-order chi connectivity index (χ0) is 19.0. The van der Waals surface area contributed by atoms with Crippen molar-refractivity contribution in [2.24, 2.45) is 5.92 Å². The number of aryl methyl sites for hydroxylation is 2. The Bertz CT molecular complexity index is 816. The van der Waals surface area contributed by atoms with Crippen molar-refractivity contribution in [3.63, 3.8) is 0 Å². The molecule has 5 heteroatoms. The Morgan fingerprint density at radius 2 is 1.96 bits per heavy atom. The molecule has 4 rings (SSSR count). The number of Topliss-reactive ketones (excluding diaryl/α,β-unsaturated/α-hetero) is 1. The zero-order valence-corrected chi connectivity index (χ0v) is 16.7. The fourth-order valence-electron chi connectivity index (χ4n) is 4.29. The number of aliphatic hydroxyl groups excluding tert-OH is 1. The topological polar surface area (TPSA) is 58.6 Å². The van der Waals surface area contributed by atoms with Gasteiger partial charge >= 0.3 is 0 Å². The number of hydrogen-bond donors (Lipinski definition) is 2. The Hall–Kier alpha value is -1.69. The number of benzene rings is 1. The van der Waals surface area contributed by atoms with Crippen LogP contribution in [0.3, 0.4) is 0 Å². The van der Waals surface area contributed by atoms with Crippen LogP contribution in [0, 0.1) is 19.8 Å². The molecule has 0 amide bonds. The molecule has 0 bridgehead atoms. The van der Waals surface area contributed by atoms with Crippen LogP contribution < -0.4 is 10.1 Å². The molecule has 0 aliphatic heterocycles. The number of aliphatic hydroxyl groups is 1. The standard InChI is InChI=1S/C22H27NO3S/c1-13-14(2)27-19-11-8-15(21(24)20(13)19)12-23-17-9-10-18(22(17)25)26-16-6-4-3-5-7-16/h3-7,15,17-18,22-23,25H,8-12H2,1-2H3/t15?,17-,18-,22-/m1/s1. The van der Waals surface area contributed by atoms with Crippen molar-refractivity contribution in [3.8, 4) is 5.75 Å². The molecular formula is C22H27NO3S. The molecule has 1 unspecified atom stereocenters. The Labute approximate surface area is 164 Å². The van der Waals surface area contributed by atoms with Crippen molar-refractivity contribution in [3.05, 3.63) is 51.2 Å². The van der Waals surface area contributed by atoms with Gasteiger partial charge in [0.1, 0.15) is 18.0 Å². The molecule has 0 radical (unpaired) electrons. The van der Waals surface area contributed by atoms with Crippen LogP contribution in [0.25, 0.3) is 0 Å². The molecule has 2 N–H and O–H groups in total. The summed E-state index contributed by atoms with van der Waals surface area (Å²) in [5.74, 6) is 1.07. The van der Waals surface area contributed by atoms with Gasteiger partial charge in [-0.15, -0.1) is 11.3 Å². The van der Waals surface area contributed by atoms with Gasteiger partial charge in [0, 0.05) is 33.8 Å². The molecular weight excluding hydrogens is 358 g/mol. The average molecular weight is 386 g/mol. The first kappa shape index (κ1) is 18.7. The van der Waals surface area contributed by atoms with E-state index in [1.54, 1.807) is 11.3 Å². The number of hydrogen-bond acceptors (Lipinski definition) is 5. The third kappa shape index (κ3) is 3.68. The molecule has 1 aromatic heterocycles. The Morgan fingerprint density at radius 1 is 1.19 bits per heavy atom. The summed E-state index contributed by atoms with van der Waals surface area (Å²) in [4.78, 5) is 15.4. The number of para-hydroxylation sites is 1. The Morgan fingerprint density at radius 3 is 2.74 bits per heavy atom. The number of nitrogens with one attached hydrogen (secondary N) is 1. The van der Waals surface area contributed by atoms with Gasteiger partial charge in [0.05, 0.1) is 0 Å². The van der Waals surface area contributed by atoms with Gasteiger partial charge < -0.3 is 15.2 Å². The monoisotopic (exact) mass is 385 g/mol. The summed E-state index contributed by atoms with van der Waals surface area (Å²) in [7, 11) is 0. The minimum atomic E-state index is -0.551. The van der Waals surface area contributed by atoms with Crippen LogP contribution in [0.4, 0.5) is 0 Å². The second-order valence-electron chi connectivity index (χ2n) is 7.73. The number of carbonyl (C=O) groups excluding carboxylic acids is 1. The van der Waals surface area contributed by atoms with E-state index in [1.807, 2.05) is 30.3 Å². The van der Waals surface area contributed by atoms with Crippen molar-refractivity contribution < 1.29 is 14.6 Å². The molecule has 2 aliphatic rings. The van der Waals surface area contributed by atoms with Crippen LogP contribution in [0.5, 0.6) is 5.75 Å². The summed E-state index contributed by atoms with van der Waals surface area (Å²) in [5, 5.41) is 14.1. The lowest BCUT2D eigenvalue weighted by molar-refractivity contribution is 0.0441. The number of carbonyl (C=O) groups is 1. The largest absolute Gasteiger partial charge is 0.488 e. The lowest BCUT2D eigenvalue weighted by atomic mass is 9.85. The minimum absolute atomic E-state index is 0.00601. The summed E-state index contributed by atoms with van der Waals surface area (Å²) in [5.41, 5.74) is 2.12. The maximum atomic E-state index is 12.9. The van der Waals surface area contributed by atoms with E-state index in [9.17, 15) is 9.90 Å². The second kappa shape index (κ2) is 7.74. The molecule has 2 aliphatic carbocycles. The number of ether oxygens (including phenoxy) is 1. The summed E-state index contributed by atoms with van der Waals surface area (Å²) in [6.45, 7) is 4.79. The molecule has 1 saturated carbocycles. The zero-order valence-electron chi connectivity index (χ0n) is 15.9.